The lowest BCUT2D eigenvalue weighted by atomic mass is 10.0. The number of ketones is 1. The molecule has 0 saturated heterocycles. The van der Waals surface area contributed by atoms with Gasteiger partial charge in [0.2, 0.25) is 0 Å². The first-order valence-corrected chi connectivity index (χ1v) is 11.2. The number of carbonyl (C=O) groups excluding carboxylic acids is 1. The Morgan fingerprint density at radius 1 is 1.21 bits per heavy atom. The molecule has 178 valence electrons. The van der Waals surface area contributed by atoms with Crippen LogP contribution >= 0.6 is 0 Å². The van der Waals surface area contributed by atoms with Gasteiger partial charge in [-0.25, -0.2) is 0 Å². The highest BCUT2D eigenvalue weighted by Crippen LogP contribution is 2.26. The highest BCUT2D eigenvalue weighted by Gasteiger charge is 2.24. The lowest BCUT2D eigenvalue weighted by molar-refractivity contribution is -0.384. The van der Waals surface area contributed by atoms with Gasteiger partial charge in [-0.3, -0.25) is 19.5 Å². The Hall–Kier alpha value is -3.69. The van der Waals surface area contributed by atoms with Gasteiger partial charge in [-0.05, 0) is 33.0 Å². The molecular weight excluding hydrogens is 432 g/mol. The molecule has 1 heterocycles. The number of nitrogens with zero attached hydrogens (tertiary/aromatic N) is 5. The van der Waals surface area contributed by atoms with Crippen LogP contribution in [0.3, 0.4) is 0 Å². The van der Waals surface area contributed by atoms with Crippen LogP contribution in [0.15, 0.2) is 61.2 Å². The number of aromatic nitrogens is 3. The number of hydrogen-bond acceptors (Lipinski definition) is 7. The predicted octanol–water partition coefficient (Wildman–Crippen LogP) is 3.91. The second kappa shape index (κ2) is 11.4. The second-order valence-corrected chi connectivity index (χ2v) is 8.27. The van der Waals surface area contributed by atoms with Crippen molar-refractivity contribution in [1.29, 1.82) is 0 Å². The zero-order chi connectivity index (χ0) is 24.7. The van der Waals surface area contributed by atoms with Gasteiger partial charge in [-0.1, -0.05) is 43.3 Å². The summed E-state index contributed by atoms with van der Waals surface area (Å²) in [5.74, 6) is 0.950. The molecule has 1 aromatic heterocycles. The van der Waals surface area contributed by atoms with Crippen molar-refractivity contribution in [2.75, 3.05) is 14.1 Å². The molecule has 3 aromatic rings. The third-order valence-electron chi connectivity index (χ3n) is 5.46. The molecule has 2 aromatic carbocycles. The molecule has 1 atom stereocenters. The standard InChI is InChI=1S/C25H30N6O3/c1-5-10-19(6-2)26-16-23-27-28-24(17-29(3)4)30(23)22-14-13-20(31(33)34)15-21(22)25(32)18-11-8-7-9-12-18/h5,7-9,11-15,19,26H,1,6,10,16-17H2,2-4H3. The van der Waals surface area contributed by atoms with E-state index < -0.39 is 4.92 Å². The largest absolute Gasteiger partial charge is 0.307 e. The zero-order valence-electron chi connectivity index (χ0n) is 19.8. The van der Waals surface area contributed by atoms with E-state index in [4.69, 9.17) is 0 Å². The molecular formula is C25H30N6O3. The summed E-state index contributed by atoms with van der Waals surface area (Å²) < 4.78 is 1.83. The Bertz CT molecular complexity index is 1160. The Balaban J connectivity index is 2.14. The van der Waals surface area contributed by atoms with Gasteiger partial charge in [-0.15, -0.1) is 16.8 Å². The van der Waals surface area contributed by atoms with Crippen LogP contribution in [0.5, 0.6) is 0 Å². The third kappa shape index (κ3) is 5.81. The van der Waals surface area contributed by atoms with Crippen LogP contribution in [0, 0.1) is 10.1 Å². The maximum atomic E-state index is 13.5. The average molecular weight is 463 g/mol. The fourth-order valence-electron chi connectivity index (χ4n) is 3.72. The Morgan fingerprint density at radius 3 is 2.53 bits per heavy atom. The number of hydrogen-bond donors (Lipinski definition) is 1. The number of nitrogens with one attached hydrogen (secondary N) is 1. The molecule has 0 aliphatic carbocycles. The van der Waals surface area contributed by atoms with E-state index in [2.05, 4.69) is 29.0 Å². The minimum atomic E-state index is -0.498. The van der Waals surface area contributed by atoms with E-state index in [1.807, 2.05) is 35.7 Å². The minimum absolute atomic E-state index is 0.151. The lowest BCUT2D eigenvalue weighted by Crippen LogP contribution is -2.29. The van der Waals surface area contributed by atoms with Gasteiger partial charge in [0.25, 0.3) is 5.69 Å². The number of nitro groups is 1. The number of nitro benzene ring substituents is 1. The van der Waals surface area contributed by atoms with E-state index in [1.165, 1.54) is 12.1 Å². The van der Waals surface area contributed by atoms with Crippen molar-refractivity contribution in [1.82, 2.24) is 25.0 Å². The predicted molar refractivity (Wildman–Crippen MR) is 131 cm³/mol. The molecule has 3 rings (SSSR count). The summed E-state index contributed by atoms with van der Waals surface area (Å²) in [6, 6.07) is 13.3. The molecule has 0 aliphatic heterocycles. The average Bonchev–Trinajstić information content (AvgIpc) is 3.22. The number of non-ortho nitro benzene ring substituents is 1. The quantitative estimate of drug-likeness (QED) is 0.188. The molecule has 0 bridgehead atoms. The zero-order valence-corrected chi connectivity index (χ0v) is 19.8. The van der Waals surface area contributed by atoms with Crippen LogP contribution in [0.1, 0.15) is 47.3 Å². The van der Waals surface area contributed by atoms with Gasteiger partial charge in [0.15, 0.2) is 17.4 Å². The van der Waals surface area contributed by atoms with Crippen LogP contribution in [0.25, 0.3) is 5.69 Å². The monoisotopic (exact) mass is 462 g/mol. The summed E-state index contributed by atoms with van der Waals surface area (Å²) in [6.45, 7) is 6.81. The van der Waals surface area contributed by atoms with Crippen molar-refractivity contribution >= 4 is 11.5 Å². The Morgan fingerprint density at radius 2 is 1.91 bits per heavy atom. The molecule has 1 N–H and O–H groups in total. The molecule has 0 spiro atoms. The van der Waals surface area contributed by atoms with Crippen LogP contribution in [-0.2, 0) is 13.1 Å². The molecule has 0 radical (unpaired) electrons. The summed E-state index contributed by atoms with van der Waals surface area (Å²) in [5, 5.41) is 23.7. The lowest BCUT2D eigenvalue weighted by Gasteiger charge is -2.18. The smallest absolute Gasteiger partial charge is 0.270 e. The Kier molecular flexibility index (Phi) is 8.39. The third-order valence-corrected chi connectivity index (χ3v) is 5.46. The first-order valence-electron chi connectivity index (χ1n) is 11.2. The topological polar surface area (TPSA) is 106 Å². The maximum Gasteiger partial charge on any atom is 0.270 e. The highest BCUT2D eigenvalue weighted by molar-refractivity contribution is 6.11. The van der Waals surface area contributed by atoms with E-state index >= 15 is 0 Å². The van der Waals surface area contributed by atoms with Gasteiger partial charge in [0, 0.05) is 23.7 Å². The molecule has 0 fully saturated rings. The number of benzene rings is 2. The summed E-state index contributed by atoms with van der Waals surface area (Å²) >= 11 is 0. The normalized spacial score (nSPS) is 12.0. The van der Waals surface area contributed by atoms with E-state index in [-0.39, 0.29) is 23.1 Å². The molecule has 0 amide bonds. The van der Waals surface area contributed by atoms with Crippen molar-refractivity contribution in [3.8, 4) is 5.69 Å². The molecule has 9 heteroatoms. The first kappa shape index (κ1) is 24.9. The first-order chi connectivity index (χ1) is 16.3. The molecule has 34 heavy (non-hydrogen) atoms. The SMILES string of the molecule is C=CCC(CC)NCc1nnc(CN(C)C)n1-c1ccc([N+](=O)[O-])cc1C(=O)c1ccccc1. The number of carbonyl (C=O) groups is 1. The van der Waals surface area contributed by atoms with Crippen molar-refractivity contribution in [2.24, 2.45) is 0 Å². The molecule has 1 unspecified atom stereocenters. The van der Waals surface area contributed by atoms with Gasteiger partial charge < -0.3 is 10.2 Å². The van der Waals surface area contributed by atoms with E-state index in [9.17, 15) is 14.9 Å². The highest BCUT2D eigenvalue weighted by atomic mass is 16.6. The van der Waals surface area contributed by atoms with Crippen LogP contribution < -0.4 is 5.32 Å². The van der Waals surface area contributed by atoms with Gasteiger partial charge >= 0.3 is 0 Å². The van der Waals surface area contributed by atoms with Crippen LogP contribution in [0.2, 0.25) is 0 Å². The van der Waals surface area contributed by atoms with Gasteiger partial charge in [0.1, 0.15) is 0 Å². The van der Waals surface area contributed by atoms with Gasteiger partial charge in [-0.2, -0.15) is 0 Å². The van der Waals surface area contributed by atoms with Crippen molar-refractivity contribution < 1.29 is 9.72 Å². The molecule has 0 saturated carbocycles. The maximum absolute atomic E-state index is 13.5. The fourth-order valence-corrected chi connectivity index (χ4v) is 3.72. The van der Waals surface area contributed by atoms with Crippen LogP contribution in [0.4, 0.5) is 5.69 Å². The summed E-state index contributed by atoms with van der Waals surface area (Å²) in [7, 11) is 3.83. The summed E-state index contributed by atoms with van der Waals surface area (Å²) in [6.07, 6.45) is 3.60. The molecule has 0 aliphatic rings. The minimum Gasteiger partial charge on any atom is -0.307 e. The van der Waals surface area contributed by atoms with E-state index in [0.717, 1.165) is 12.8 Å². The number of rotatable bonds is 12. The van der Waals surface area contributed by atoms with Crippen molar-refractivity contribution in [3.05, 3.63) is 94.1 Å². The fraction of sp³-hybridized carbons (Fsp3) is 0.320. The second-order valence-electron chi connectivity index (χ2n) is 8.27. The Labute approximate surface area is 199 Å². The van der Waals surface area contributed by atoms with Crippen LogP contribution in [-0.4, -0.2) is 50.5 Å². The van der Waals surface area contributed by atoms with Gasteiger partial charge in [0.05, 0.1) is 29.3 Å². The summed E-state index contributed by atoms with van der Waals surface area (Å²) in [4.78, 5) is 26.4. The molecule has 9 nitrogen and oxygen atoms in total. The summed E-state index contributed by atoms with van der Waals surface area (Å²) in [5.41, 5.74) is 1.03. The van der Waals surface area contributed by atoms with Crippen molar-refractivity contribution in [2.45, 2.75) is 38.9 Å². The van der Waals surface area contributed by atoms with E-state index in [1.54, 1.807) is 30.3 Å². The van der Waals surface area contributed by atoms with Crippen molar-refractivity contribution in [3.63, 3.8) is 0 Å². The van der Waals surface area contributed by atoms with E-state index in [0.29, 0.717) is 36.0 Å².